The third-order valence-electron chi connectivity index (χ3n) is 4.84. The number of allylic oxidation sites excluding steroid dienone is 2. The summed E-state index contributed by atoms with van der Waals surface area (Å²) in [6, 6.07) is 5.54. The zero-order valence-corrected chi connectivity index (χ0v) is 16.6. The van der Waals surface area contributed by atoms with Crippen LogP contribution in [0.4, 0.5) is 5.95 Å². The van der Waals surface area contributed by atoms with Crippen molar-refractivity contribution < 1.29 is 9.53 Å². The second kappa shape index (κ2) is 6.23. The van der Waals surface area contributed by atoms with Crippen LogP contribution < -0.4 is 10.1 Å². The first kappa shape index (κ1) is 17.3. The van der Waals surface area contributed by atoms with Crippen molar-refractivity contribution in [1.82, 2.24) is 14.8 Å². The third-order valence-corrected chi connectivity index (χ3v) is 5.33. The van der Waals surface area contributed by atoms with Gasteiger partial charge < -0.3 is 10.1 Å². The fourth-order valence-corrected chi connectivity index (χ4v) is 4.24. The first-order valence-corrected chi connectivity index (χ1v) is 9.54. The molecule has 1 aromatic carbocycles. The highest BCUT2D eigenvalue weighted by Gasteiger charge is 2.42. The van der Waals surface area contributed by atoms with E-state index in [1.165, 1.54) is 6.33 Å². The van der Waals surface area contributed by atoms with Crippen LogP contribution in [0.25, 0.3) is 0 Å². The van der Waals surface area contributed by atoms with E-state index in [1.54, 1.807) is 4.68 Å². The molecule has 2 heterocycles. The van der Waals surface area contributed by atoms with E-state index in [9.17, 15) is 4.79 Å². The van der Waals surface area contributed by atoms with Gasteiger partial charge in [0.2, 0.25) is 5.95 Å². The number of rotatable bonds is 3. The highest BCUT2D eigenvalue weighted by molar-refractivity contribution is 9.10. The number of ketones is 1. The van der Waals surface area contributed by atoms with Gasteiger partial charge in [-0.05, 0) is 37.0 Å². The van der Waals surface area contributed by atoms with Gasteiger partial charge in [0.1, 0.15) is 18.1 Å². The molecule has 0 unspecified atom stereocenters. The van der Waals surface area contributed by atoms with Crippen LogP contribution >= 0.6 is 15.9 Å². The SMILES string of the molecule is CCOc1ccc(Br)cc1[C@H]1C2=C(CC(C)(C)CC2=O)Nc2ncnn21. The summed E-state index contributed by atoms with van der Waals surface area (Å²) >= 11 is 3.55. The normalized spacial score (nSPS) is 21.1. The van der Waals surface area contributed by atoms with Crippen molar-refractivity contribution in [1.29, 1.82) is 0 Å². The molecular formula is C19H21BrN4O2. The standard InChI is InChI=1S/C19H21BrN4O2/c1-4-26-15-6-5-11(20)7-12(15)17-16-13(8-19(2,3)9-14(16)25)23-18-21-10-22-24(17)18/h5-7,10,17H,4,8-9H2,1-3H3,(H,21,22,23)/t17-/m0/s1. The van der Waals surface area contributed by atoms with Gasteiger partial charge in [0, 0.05) is 27.7 Å². The lowest BCUT2D eigenvalue weighted by atomic mass is 9.73. The summed E-state index contributed by atoms with van der Waals surface area (Å²) in [5.74, 6) is 1.56. The lowest BCUT2D eigenvalue weighted by molar-refractivity contribution is -0.118. The molecule has 2 aromatic rings. The number of benzene rings is 1. The summed E-state index contributed by atoms with van der Waals surface area (Å²) in [7, 11) is 0. The minimum atomic E-state index is -0.341. The average Bonchev–Trinajstić information content (AvgIpc) is 3.01. The monoisotopic (exact) mass is 416 g/mol. The van der Waals surface area contributed by atoms with E-state index in [2.05, 4.69) is 45.2 Å². The molecule has 0 amide bonds. The van der Waals surface area contributed by atoms with Crippen LogP contribution in [-0.4, -0.2) is 27.2 Å². The Morgan fingerprint density at radius 2 is 2.19 bits per heavy atom. The van der Waals surface area contributed by atoms with Gasteiger partial charge in [-0.1, -0.05) is 29.8 Å². The zero-order valence-electron chi connectivity index (χ0n) is 15.0. The predicted molar refractivity (Wildman–Crippen MR) is 102 cm³/mol. The molecule has 4 rings (SSSR count). The summed E-state index contributed by atoms with van der Waals surface area (Å²) in [6.45, 7) is 6.75. The lowest BCUT2D eigenvalue weighted by Gasteiger charge is -2.38. The minimum Gasteiger partial charge on any atom is -0.494 e. The van der Waals surface area contributed by atoms with Gasteiger partial charge in [0.25, 0.3) is 0 Å². The molecule has 1 N–H and O–H groups in total. The number of nitrogens with zero attached hydrogens (tertiary/aromatic N) is 3. The smallest absolute Gasteiger partial charge is 0.226 e. The maximum Gasteiger partial charge on any atom is 0.226 e. The minimum absolute atomic E-state index is 0.0737. The van der Waals surface area contributed by atoms with Crippen LogP contribution in [0, 0.1) is 5.41 Å². The summed E-state index contributed by atoms with van der Waals surface area (Å²) in [4.78, 5) is 17.4. The third kappa shape index (κ3) is 2.84. The predicted octanol–water partition coefficient (Wildman–Crippen LogP) is 4.10. The number of carbonyl (C=O) groups is 1. The first-order valence-electron chi connectivity index (χ1n) is 8.74. The van der Waals surface area contributed by atoms with Crippen molar-refractivity contribution in [3.8, 4) is 5.75 Å². The van der Waals surface area contributed by atoms with Gasteiger partial charge >= 0.3 is 0 Å². The molecule has 0 bridgehead atoms. The molecule has 7 heteroatoms. The Morgan fingerprint density at radius 1 is 1.38 bits per heavy atom. The van der Waals surface area contributed by atoms with Gasteiger partial charge in [-0.15, -0.1) is 0 Å². The molecule has 0 spiro atoms. The van der Waals surface area contributed by atoms with Gasteiger partial charge in [0.05, 0.1) is 6.61 Å². The van der Waals surface area contributed by atoms with Crippen molar-refractivity contribution in [2.24, 2.45) is 5.41 Å². The summed E-state index contributed by atoms with van der Waals surface area (Å²) in [5.41, 5.74) is 2.55. The van der Waals surface area contributed by atoms with E-state index < -0.39 is 0 Å². The molecule has 0 saturated heterocycles. The van der Waals surface area contributed by atoms with Gasteiger partial charge in [0.15, 0.2) is 5.78 Å². The number of aromatic nitrogens is 3. The molecule has 1 aliphatic carbocycles. The number of halogens is 1. The fraction of sp³-hybridized carbons (Fsp3) is 0.421. The van der Waals surface area contributed by atoms with Gasteiger partial charge in [-0.2, -0.15) is 10.1 Å². The van der Waals surface area contributed by atoms with Crippen molar-refractivity contribution in [2.75, 3.05) is 11.9 Å². The van der Waals surface area contributed by atoms with Crippen molar-refractivity contribution >= 4 is 27.7 Å². The van der Waals surface area contributed by atoms with Crippen LogP contribution in [0.2, 0.25) is 0 Å². The second-order valence-electron chi connectivity index (χ2n) is 7.50. The summed E-state index contributed by atoms with van der Waals surface area (Å²) < 4.78 is 8.57. The maximum absolute atomic E-state index is 13.1. The topological polar surface area (TPSA) is 69.0 Å². The average molecular weight is 417 g/mol. The van der Waals surface area contributed by atoms with E-state index in [0.717, 1.165) is 33.5 Å². The van der Waals surface area contributed by atoms with Crippen LogP contribution in [0.3, 0.4) is 0 Å². The molecule has 0 saturated carbocycles. The molecule has 26 heavy (non-hydrogen) atoms. The Bertz CT molecular complexity index is 916. The lowest BCUT2D eigenvalue weighted by Crippen LogP contribution is -2.36. The van der Waals surface area contributed by atoms with Gasteiger partial charge in [-0.25, -0.2) is 4.68 Å². The van der Waals surface area contributed by atoms with Gasteiger partial charge in [-0.3, -0.25) is 4.79 Å². The van der Waals surface area contributed by atoms with Crippen molar-refractivity contribution in [3.63, 3.8) is 0 Å². The van der Waals surface area contributed by atoms with E-state index in [4.69, 9.17) is 4.74 Å². The molecule has 0 fully saturated rings. The van der Waals surface area contributed by atoms with Crippen molar-refractivity contribution in [2.45, 2.75) is 39.7 Å². The molecule has 136 valence electrons. The molecular weight excluding hydrogens is 396 g/mol. The highest BCUT2D eigenvalue weighted by Crippen LogP contribution is 2.47. The number of hydrogen-bond acceptors (Lipinski definition) is 5. The van der Waals surface area contributed by atoms with Crippen LogP contribution in [-0.2, 0) is 4.79 Å². The fourth-order valence-electron chi connectivity index (χ4n) is 3.86. The molecule has 1 aliphatic heterocycles. The molecule has 2 aliphatic rings. The van der Waals surface area contributed by atoms with E-state index in [-0.39, 0.29) is 17.2 Å². The zero-order chi connectivity index (χ0) is 18.5. The van der Waals surface area contributed by atoms with Crippen LogP contribution in [0.5, 0.6) is 5.75 Å². The Balaban J connectivity index is 1.93. The molecule has 1 atom stereocenters. The first-order chi connectivity index (χ1) is 12.4. The van der Waals surface area contributed by atoms with E-state index >= 15 is 0 Å². The van der Waals surface area contributed by atoms with Crippen molar-refractivity contribution in [3.05, 3.63) is 45.8 Å². The molecule has 0 radical (unpaired) electrons. The number of Topliss-reactive ketones (excluding diaryl/α,β-unsaturated/α-hetero) is 1. The number of fused-ring (bicyclic) bond motifs is 1. The maximum atomic E-state index is 13.1. The number of nitrogens with one attached hydrogen (secondary N) is 1. The van der Waals surface area contributed by atoms with Crippen LogP contribution in [0.1, 0.15) is 45.2 Å². The Labute approximate surface area is 160 Å². The Morgan fingerprint density at radius 3 is 2.96 bits per heavy atom. The number of anilines is 1. The number of carbonyl (C=O) groups excluding carboxylic acids is 1. The van der Waals surface area contributed by atoms with E-state index in [0.29, 0.717) is 19.0 Å². The Hall–Kier alpha value is -2.15. The highest BCUT2D eigenvalue weighted by atomic mass is 79.9. The largest absolute Gasteiger partial charge is 0.494 e. The van der Waals surface area contributed by atoms with E-state index in [1.807, 2.05) is 25.1 Å². The number of hydrogen-bond donors (Lipinski definition) is 1. The van der Waals surface area contributed by atoms with Crippen LogP contribution in [0.15, 0.2) is 40.3 Å². The molecule has 6 nitrogen and oxygen atoms in total. The molecule has 1 aromatic heterocycles. The summed E-state index contributed by atoms with van der Waals surface area (Å²) in [5, 5.41) is 7.72. The number of ether oxygens (including phenoxy) is 1. The summed E-state index contributed by atoms with van der Waals surface area (Å²) in [6.07, 6.45) is 2.84. The quantitative estimate of drug-likeness (QED) is 0.815. The Kier molecular flexibility index (Phi) is 4.14. The second-order valence-corrected chi connectivity index (χ2v) is 8.42.